The number of hydrogen-bond acceptors (Lipinski definition) is 5. The summed E-state index contributed by atoms with van der Waals surface area (Å²) in [6, 6.07) is 11.1. The van der Waals surface area contributed by atoms with Crippen molar-refractivity contribution in [1.29, 1.82) is 0 Å². The zero-order valence-corrected chi connectivity index (χ0v) is 20.5. The minimum atomic E-state index is -0.731. The molecule has 36 heavy (non-hydrogen) atoms. The predicted octanol–water partition coefficient (Wildman–Crippen LogP) is 2.55. The third-order valence-corrected chi connectivity index (χ3v) is 6.35. The maximum absolute atomic E-state index is 13.3. The molecule has 0 fully saturated rings. The molecular formula is C27H27N5O4. The summed E-state index contributed by atoms with van der Waals surface area (Å²) in [6.07, 6.45) is 2.01. The van der Waals surface area contributed by atoms with E-state index in [0.717, 1.165) is 33.4 Å². The van der Waals surface area contributed by atoms with Gasteiger partial charge in [-0.2, -0.15) is 0 Å². The Morgan fingerprint density at radius 3 is 2.61 bits per heavy atom. The van der Waals surface area contributed by atoms with E-state index in [1.165, 1.54) is 11.2 Å². The average molecular weight is 486 g/mol. The zero-order valence-electron chi connectivity index (χ0n) is 20.5. The Hall–Kier alpha value is -4.53. The molecule has 2 aromatic carbocycles. The van der Waals surface area contributed by atoms with Crippen LogP contribution in [0.15, 0.2) is 66.4 Å². The molecule has 3 aromatic rings. The van der Waals surface area contributed by atoms with Crippen LogP contribution in [-0.4, -0.2) is 52.3 Å². The molecule has 1 aliphatic heterocycles. The van der Waals surface area contributed by atoms with Gasteiger partial charge in [0.25, 0.3) is 17.4 Å². The monoisotopic (exact) mass is 485 g/mol. The van der Waals surface area contributed by atoms with Gasteiger partial charge in [-0.15, -0.1) is 0 Å². The maximum atomic E-state index is 13.3. The molecule has 184 valence electrons. The van der Waals surface area contributed by atoms with Gasteiger partial charge in [0.05, 0.1) is 16.6 Å². The number of carbonyl (C=O) groups excluding carboxylic acids is 3. The Morgan fingerprint density at radius 2 is 1.92 bits per heavy atom. The van der Waals surface area contributed by atoms with E-state index in [1.54, 1.807) is 37.9 Å². The van der Waals surface area contributed by atoms with Gasteiger partial charge >= 0.3 is 0 Å². The molecule has 0 bridgehead atoms. The first-order chi connectivity index (χ1) is 17.1. The lowest BCUT2D eigenvalue weighted by molar-refractivity contribution is -0.127. The van der Waals surface area contributed by atoms with Crippen molar-refractivity contribution < 1.29 is 14.4 Å². The molecule has 0 radical (unpaired) electrons. The number of benzene rings is 2. The van der Waals surface area contributed by atoms with Gasteiger partial charge in [-0.05, 0) is 42.7 Å². The third-order valence-electron chi connectivity index (χ3n) is 6.35. The highest BCUT2D eigenvalue weighted by Gasteiger charge is 2.23. The molecule has 0 saturated carbocycles. The molecule has 0 atom stereocenters. The number of fused-ring (bicyclic) bond motifs is 2. The quantitative estimate of drug-likeness (QED) is 0.541. The molecule has 4 rings (SSSR count). The molecule has 0 spiro atoms. The van der Waals surface area contributed by atoms with Crippen LogP contribution in [0.2, 0.25) is 0 Å². The largest absolute Gasteiger partial charge is 0.341 e. The molecular weight excluding hydrogens is 458 g/mol. The van der Waals surface area contributed by atoms with Crippen LogP contribution in [0, 0.1) is 0 Å². The third kappa shape index (κ3) is 4.31. The molecule has 0 unspecified atom stereocenters. The first kappa shape index (κ1) is 24.6. The molecule has 9 heteroatoms. The van der Waals surface area contributed by atoms with Crippen molar-refractivity contribution in [3.8, 4) is 11.1 Å². The van der Waals surface area contributed by atoms with E-state index < -0.39 is 17.4 Å². The topological polar surface area (TPSA) is 105 Å². The van der Waals surface area contributed by atoms with Gasteiger partial charge in [-0.3, -0.25) is 23.7 Å². The number of aromatic nitrogens is 2. The summed E-state index contributed by atoms with van der Waals surface area (Å²) in [4.78, 5) is 57.6. The van der Waals surface area contributed by atoms with Gasteiger partial charge < -0.3 is 15.1 Å². The number of rotatable bonds is 6. The second-order valence-electron chi connectivity index (χ2n) is 8.58. The highest BCUT2D eigenvalue weighted by Crippen LogP contribution is 2.34. The summed E-state index contributed by atoms with van der Waals surface area (Å²) < 4.78 is 1.05. The van der Waals surface area contributed by atoms with Crippen LogP contribution in [0.3, 0.4) is 0 Å². The Labute approximate surface area is 208 Å². The highest BCUT2D eigenvalue weighted by atomic mass is 16.2. The fourth-order valence-electron chi connectivity index (χ4n) is 4.22. The minimum Gasteiger partial charge on any atom is -0.341 e. The Kier molecular flexibility index (Phi) is 6.57. The molecule has 2 heterocycles. The standard InChI is InChI=1S/C27H27N5O4/c1-6-30(5)26(35)16(2)29-25(34)17(3)32-15-28-24-21(8-7-9-22(24)27(32)36)19-10-11-23-20(14-19)12-13-31(23)18(4)33/h7-11,14-15H,2-3,6,12-13H2,1,4-5H3,(H,29,34). The van der Waals surface area contributed by atoms with E-state index in [-0.39, 0.29) is 17.3 Å². The van der Waals surface area contributed by atoms with Crippen molar-refractivity contribution >= 4 is 40.0 Å². The van der Waals surface area contributed by atoms with E-state index in [4.69, 9.17) is 0 Å². The maximum Gasteiger partial charge on any atom is 0.272 e. The number of anilines is 1. The highest BCUT2D eigenvalue weighted by molar-refractivity contribution is 6.15. The van der Waals surface area contributed by atoms with Gasteiger partial charge in [-0.25, -0.2) is 4.98 Å². The SMILES string of the molecule is C=C(NC(=O)C(=C)n1cnc2c(-c3ccc4c(c3)CCN4C(C)=O)cccc2c1=O)C(=O)N(C)CC. The molecule has 1 aromatic heterocycles. The van der Waals surface area contributed by atoms with Crippen LogP contribution in [-0.2, 0) is 20.8 Å². The summed E-state index contributed by atoms with van der Waals surface area (Å²) in [5.74, 6) is -1.16. The summed E-state index contributed by atoms with van der Waals surface area (Å²) in [5, 5.41) is 2.72. The zero-order chi connectivity index (χ0) is 26.1. The van der Waals surface area contributed by atoms with Crippen molar-refractivity contribution in [2.75, 3.05) is 25.0 Å². The van der Waals surface area contributed by atoms with Crippen molar-refractivity contribution in [2.45, 2.75) is 20.3 Å². The van der Waals surface area contributed by atoms with E-state index in [2.05, 4.69) is 23.5 Å². The summed E-state index contributed by atoms with van der Waals surface area (Å²) in [7, 11) is 1.59. The smallest absolute Gasteiger partial charge is 0.272 e. The van der Waals surface area contributed by atoms with Crippen molar-refractivity contribution in [3.05, 3.63) is 77.5 Å². The van der Waals surface area contributed by atoms with Crippen LogP contribution in [0.5, 0.6) is 0 Å². The van der Waals surface area contributed by atoms with Crippen molar-refractivity contribution in [1.82, 2.24) is 19.8 Å². The fraction of sp³-hybridized carbons (Fsp3) is 0.222. The van der Waals surface area contributed by atoms with Crippen LogP contribution < -0.4 is 15.8 Å². The van der Waals surface area contributed by atoms with Gasteiger partial charge in [0.1, 0.15) is 12.0 Å². The molecule has 3 amide bonds. The molecule has 9 nitrogen and oxygen atoms in total. The lowest BCUT2D eigenvalue weighted by Gasteiger charge is -2.17. The number of carbonyl (C=O) groups is 3. The Bertz CT molecular complexity index is 1500. The van der Waals surface area contributed by atoms with Crippen molar-refractivity contribution in [2.24, 2.45) is 0 Å². The van der Waals surface area contributed by atoms with Crippen molar-refractivity contribution in [3.63, 3.8) is 0 Å². The second-order valence-corrected chi connectivity index (χ2v) is 8.58. The molecule has 0 aliphatic carbocycles. The van der Waals surface area contributed by atoms with Crippen LogP contribution in [0.25, 0.3) is 27.7 Å². The number of nitrogens with one attached hydrogen (secondary N) is 1. The number of amides is 3. The first-order valence-corrected chi connectivity index (χ1v) is 11.5. The van der Waals surface area contributed by atoms with Crippen LogP contribution in [0.1, 0.15) is 19.4 Å². The van der Waals surface area contributed by atoms with Gasteiger partial charge in [0, 0.05) is 38.3 Å². The Morgan fingerprint density at radius 1 is 1.17 bits per heavy atom. The van der Waals surface area contributed by atoms with E-state index >= 15 is 0 Å². The van der Waals surface area contributed by atoms with E-state index in [0.29, 0.717) is 24.0 Å². The number of hydrogen-bond donors (Lipinski definition) is 1. The van der Waals surface area contributed by atoms with Gasteiger partial charge in [0.2, 0.25) is 5.91 Å². The van der Waals surface area contributed by atoms with E-state index in [9.17, 15) is 19.2 Å². The Balaban J connectivity index is 1.66. The van der Waals surface area contributed by atoms with E-state index in [1.807, 2.05) is 24.3 Å². The lowest BCUT2D eigenvalue weighted by Crippen LogP contribution is -2.37. The average Bonchev–Trinajstić information content (AvgIpc) is 3.31. The normalized spacial score (nSPS) is 12.2. The fourth-order valence-corrected chi connectivity index (χ4v) is 4.22. The molecule has 1 N–H and O–H groups in total. The first-order valence-electron chi connectivity index (χ1n) is 11.5. The van der Waals surface area contributed by atoms with Gasteiger partial charge in [-0.1, -0.05) is 31.4 Å². The summed E-state index contributed by atoms with van der Waals surface area (Å²) >= 11 is 0. The minimum absolute atomic E-state index is 0.00321. The molecule has 0 saturated heterocycles. The second kappa shape index (κ2) is 9.61. The summed E-state index contributed by atoms with van der Waals surface area (Å²) in [6.45, 7) is 11.8. The molecule has 1 aliphatic rings. The van der Waals surface area contributed by atoms with Crippen LogP contribution >= 0.6 is 0 Å². The number of para-hydroxylation sites is 1. The number of nitrogens with zero attached hydrogens (tertiary/aromatic N) is 4. The lowest BCUT2D eigenvalue weighted by atomic mass is 9.99. The number of likely N-dealkylation sites (N-methyl/N-ethyl adjacent to an activating group) is 1. The van der Waals surface area contributed by atoms with Crippen LogP contribution in [0.4, 0.5) is 5.69 Å². The predicted molar refractivity (Wildman–Crippen MR) is 139 cm³/mol. The summed E-state index contributed by atoms with van der Waals surface area (Å²) in [5.41, 5.74) is 3.31. The van der Waals surface area contributed by atoms with Gasteiger partial charge in [0.15, 0.2) is 0 Å².